The molecule has 0 amide bonds. The first kappa shape index (κ1) is 17.7. The molecule has 25 heavy (non-hydrogen) atoms. The molecule has 1 aliphatic heterocycles. The number of sulfonamides is 1. The number of nitrogens with zero attached hydrogens (tertiary/aromatic N) is 2. The van der Waals surface area contributed by atoms with E-state index in [4.69, 9.17) is 11.6 Å². The number of halogens is 1. The van der Waals surface area contributed by atoms with Gasteiger partial charge >= 0.3 is 5.97 Å². The molecule has 1 saturated heterocycles. The molecule has 0 atom stereocenters. The quantitative estimate of drug-likeness (QED) is 0.881. The molecule has 6 nitrogen and oxygen atoms in total. The van der Waals surface area contributed by atoms with Gasteiger partial charge in [-0.15, -0.1) is 0 Å². The summed E-state index contributed by atoms with van der Waals surface area (Å²) in [6, 6.07) is 13.1. The Morgan fingerprint density at radius 3 is 2.32 bits per heavy atom. The summed E-state index contributed by atoms with van der Waals surface area (Å²) in [6.07, 6.45) is 0. The number of hydrogen-bond acceptors (Lipinski definition) is 4. The molecule has 0 saturated carbocycles. The van der Waals surface area contributed by atoms with Gasteiger partial charge in [-0.3, -0.25) is 0 Å². The van der Waals surface area contributed by atoms with E-state index in [1.807, 2.05) is 18.2 Å². The van der Waals surface area contributed by atoms with Crippen molar-refractivity contribution in [1.29, 1.82) is 0 Å². The van der Waals surface area contributed by atoms with Gasteiger partial charge in [0.1, 0.15) is 0 Å². The van der Waals surface area contributed by atoms with E-state index >= 15 is 0 Å². The largest absolute Gasteiger partial charge is 0.478 e. The standard InChI is InChI=1S/C17H17ClN2O4S/c18-13-4-3-5-14(12-13)19-8-10-20(11-9-19)25(23,24)16-7-2-1-6-15(16)17(21)22/h1-7,12H,8-11H2,(H,21,22). The molecule has 2 aromatic carbocycles. The van der Waals surface area contributed by atoms with Crippen LogP contribution < -0.4 is 4.90 Å². The van der Waals surface area contributed by atoms with Gasteiger partial charge in [-0.25, -0.2) is 13.2 Å². The minimum Gasteiger partial charge on any atom is -0.478 e. The van der Waals surface area contributed by atoms with Crippen molar-refractivity contribution >= 4 is 33.3 Å². The summed E-state index contributed by atoms with van der Waals surface area (Å²) in [4.78, 5) is 13.2. The van der Waals surface area contributed by atoms with Crippen LogP contribution in [0.25, 0.3) is 0 Å². The first-order valence-corrected chi connectivity index (χ1v) is 9.54. The number of anilines is 1. The molecule has 3 rings (SSSR count). The smallest absolute Gasteiger partial charge is 0.337 e. The summed E-state index contributed by atoms with van der Waals surface area (Å²) in [7, 11) is -3.85. The molecule has 132 valence electrons. The van der Waals surface area contributed by atoms with E-state index in [1.165, 1.54) is 28.6 Å². The van der Waals surface area contributed by atoms with Crippen molar-refractivity contribution in [2.45, 2.75) is 4.90 Å². The maximum atomic E-state index is 12.8. The van der Waals surface area contributed by atoms with Crippen molar-refractivity contribution < 1.29 is 18.3 Å². The van der Waals surface area contributed by atoms with Crippen LogP contribution in [0.2, 0.25) is 5.02 Å². The van der Waals surface area contributed by atoms with E-state index in [9.17, 15) is 18.3 Å². The van der Waals surface area contributed by atoms with E-state index in [0.29, 0.717) is 18.1 Å². The Labute approximate surface area is 151 Å². The predicted octanol–water partition coefficient (Wildman–Crippen LogP) is 2.55. The van der Waals surface area contributed by atoms with Crippen LogP contribution in [0, 0.1) is 0 Å². The van der Waals surface area contributed by atoms with Gasteiger partial charge in [-0.05, 0) is 30.3 Å². The number of carboxylic acids is 1. The number of carbonyl (C=O) groups is 1. The summed E-state index contributed by atoms with van der Waals surface area (Å²) in [6.45, 7) is 1.58. The van der Waals surface area contributed by atoms with Crippen LogP contribution in [0.15, 0.2) is 53.4 Å². The Hall–Kier alpha value is -2.09. The number of carboxylic acid groups (broad SMARTS) is 1. The fourth-order valence-corrected chi connectivity index (χ4v) is 4.66. The van der Waals surface area contributed by atoms with Gasteiger partial charge in [0.05, 0.1) is 10.5 Å². The highest BCUT2D eigenvalue weighted by Gasteiger charge is 2.31. The number of piperazine rings is 1. The molecule has 1 aliphatic rings. The molecular formula is C17H17ClN2O4S. The van der Waals surface area contributed by atoms with Crippen LogP contribution in [-0.4, -0.2) is 50.0 Å². The van der Waals surface area contributed by atoms with Gasteiger partial charge in [-0.2, -0.15) is 4.31 Å². The number of aromatic carboxylic acids is 1. The van der Waals surface area contributed by atoms with Crippen molar-refractivity contribution in [1.82, 2.24) is 4.31 Å². The fourth-order valence-electron chi connectivity index (χ4n) is 2.87. The monoisotopic (exact) mass is 380 g/mol. The Bertz CT molecular complexity index is 893. The van der Waals surface area contributed by atoms with Gasteiger partial charge in [0.2, 0.25) is 10.0 Å². The summed E-state index contributed by atoms with van der Waals surface area (Å²) < 4.78 is 27.0. The Balaban J connectivity index is 1.79. The highest BCUT2D eigenvalue weighted by molar-refractivity contribution is 7.89. The zero-order chi connectivity index (χ0) is 18.0. The van der Waals surface area contributed by atoms with Crippen LogP contribution >= 0.6 is 11.6 Å². The lowest BCUT2D eigenvalue weighted by molar-refractivity contribution is 0.0692. The lowest BCUT2D eigenvalue weighted by atomic mass is 10.2. The SMILES string of the molecule is O=C(O)c1ccccc1S(=O)(=O)N1CCN(c2cccc(Cl)c2)CC1. The third kappa shape index (κ3) is 3.63. The van der Waals surface area contributed by atoms with Crippen LogP contribution in [0.5, 0.6) is 0 Å². The Morgan fingerprint density at radius 2 is 1.68 bits per heavy atom. The molecule has 0 spiro atoms. The molecule has 0 radical (unpaired) electrons. The molecular weight excluding hydrogens is 364 g/mol. The molecule has 1 N–H and O–H groups in total. The average molecular weight is 381 g/mol. The van der Waals surface area contributed by atoms with Crippen LogP contribution in [0.3, 0.4) is 0 Å². The summed E-state index contributed by atoms with van der Waals surface area (Å²) in [5.74, 6) is -1.25. The Kier molecular flexibility index (Phi) is 4.99. The number of rotatable bonds is 4. The van der Waals surface area contributed by atoms with E-state index in [-0.39, 0.29) is 23.5 Å². The third-order valence-corrected chi connectivity index (χ3v) is 6.34. The summed E-state index contributed by atoms with van der Waals surface area (Å²) in [5.41, 5.74) is 0.732. The highest BCUT2D eigenvalue weighted by Crippen LogP contribution is 2.25. The predicted molar refractivity (Wildman–Crippen MR) is 95.8 cm³/mol. The van der Waals surface area contributed by atoms with Gasteiger partial charge in [0, 0.05) is 36.9 Å². The first-order chi connectivity index (χ1) is 11.9. The zero-order valence-corrected chi connectivity index (χ0v) is 14.9. The van der Waals surface area contributed by atoms with E-state index in [0.717, 1.165) is 5.69 Å². The lowest BCUT2D eigenvalue weighted by Gasteiger charge is -2.35. The maximum Gasteiger partial charge on any atom is 0.337 e. The van der Waals surface area contributed by atoms with Gasteiger partial charge in [-0.1, -0.05) is 29.8 Å². The van der Waals surface area contributed by atoms with Crippen molar-refractivity contribution in [2.24, 2.45) is 0 Å². The second-order valence-corrected chi connectivity index (χ2v) is 8.02. The van der Waals surface area contributed by atoms with Crippen LogP contribution in [0.1, 0.15) is 10.4 Å². The average Bonchev–Trinajstić information content (AvgIpc) is 2.62. The summed E-state index contributed by atoms with van der Waals surface area (Å²) in [5, 5.41) is 9.87. The van der Waals surface area contributed by atoms with E-state index < -0.39 is 16.0 Å². The Morgan fingerprint density at radius 1 is 1.00 bits per heavy atom. The van der Waals surface area contributed by atoms with Crippen molar-refractivity contribution in [2.75, 3.05) is 31.1 Å². The molecule has 0 unspecified atom stereocenters. The molecule has 0 bridgehead atoms. The first-order valence-electron chi connectivity index (χ1n) is 7.72. The van der Waals surface area contributed by atoms with Crippen molar-refractivity contribution in [3.05, 3.63) is 59.1 Å². The highest BCUT2D eigenvalue weighted by atomic mass is 35.5. The van der Waals surface area contributed by atoms with E-state index in [1.54, 1.807) is 6.07 Å². The zero-order valence-electron chi connectivity index (χ0n) is 13.3. The molecule has 0 aromatic heterocycles. The number of hydrogen-bond donors (Lipinski definition) is 1. The number of benzene rings is 2. The minimum absolute atomic E-state index is 0.168. The second-order valence-electron chi connectivity index (χ2n) is 5.67. The normalized spacial score (nSPS) is 16.0. The van der Waals surface area contributed by atoms with Crippen molar-refractivity contribution in [3.8, 4) is 0 Å². The van der Waals surface area contributed by atoms with Gasteiger partial charge < -0.3 is 10.0 Å². The van der Waals surface area contributed by atoms with Crippen LogP contribution in [-0.2, 0) is 10.0 Å². The molecule has 1 fully saturated rings. The van der Waals surface area contributed by atoms with Crippen LogP contribution in [0.4, 0.5) is 5.69 Å². The molecule has 0 aliphatic carbocycles. The van der Waals surface area contributed by atoms with Gasteiger partial charge in [0.15, 0.2) is 0 Å². The lowest BCUT2D eigenvalue weighted by Crippen LogP contribution is -2.48. The van der Waals surface area contributed by atoms with E-state index in [2.05, 4.69) is 4.90 Å². The molecule has 8 heteroatoms. The third-order valence-electron chi connectivity index (χ3n) is 4.15. The second kappa shape index (κ2) is 7.03. The van der Waals surface area contributed by atoms with Gasteiger partial charge in [0.25, 0.3) is 0 Å². The molecule has 2 aromatic rings. The fraction of sp³-hybridized carbons (Fsp3) is 0.235. The minimum atomic E-state index is -3.85. The van der Waals surface area contributed by atoms with Crippen molar-refractivity contribution in [3.63, 3.8) is 0 Å². The topological polar surface area (TPSA) is 77.9 Å². The maximum absolute atomic E-state index is 12.8. The molecule has 1 heterocycles. The summed E-state index contributed by atoms with van der Waals surface area (Å²) >= 11 is 6.00.